The van der Waals surface area contributed by atoms with Gasteiger partial charge in [0.05, 0.1) is 0 Å². The summed E-state index contributed by atoms with van der Waals surface area (Å²) in [4.78, 5) is 38.1. The minimum absolute atomic E-state index is 0.0798. The van der Waals surface area contributed by atoms with E-state index in [1.54, 1.807) is 0 Å². The minimum atomic E-state index is -0.781. The normalized spacial score (nSPS) is 12.7. The van der Waals surface area contributed by atoms with Gasteiger partial charge in [-0.3, -0.25) is 14.4 Å². The molecule has 0 amide bonds. The second-order valence-electron chi connectivity index (χ2n) is 19.2. The summed E-state index contributed by atoms with van der Waals surface area (Å²) in [6, 6.07) is 0. The summed E-state index contributed by atoms with van der Waals surface area (Å²) in [5.74, 6) is -0.891. The third-order valence-corrected chi connectivity index (χ3v) is 12.4. The van der Waals surface area contributed by atoms with Gasteiger partial charge in [0.1, 0.15) is 13.2 Å². The zero-order chi connectivity index (χ0) is 50.0. The average Bonchev–Trinajstić information content (AvgIpc) is 3.35. The van der Waals surface area contributed by atoms with Gasteiger partial charge in [-0.2, -0.15) is 0 Å². The van der Waals surface area contributed by atoms with Gasteiger partial charge < -0.3 is 14.2 Å². The Labute approximate surface area is 426 Å². The molecule has 0 radical (unpaired) electrons. The van der Waals surface area contributed by atoms with Crippen molar-refractivity contribution in [2.75, 3.05) is 13.2 Å². The van der Waals surface area contributed by atoms with Crippen molar-refractivity contribution < 1.29 is 28.6 Å². The van der Waals surface area contributed by atoms with Crippen molar-refractivity contribution in [3.63, 3.8) is 0 Å². The summed E-state index contributed by atoms with van der Waals surface area (Å²) in [5, 5.41) is 0. The van der Waals surface area contributed by atoms with Crippen LogP contribution in [0.3, 0.4) is 0 Å². The quantitative estimate of drug-likeness (QED) is 0.0262. The molecule has 0 aromatic heterocycles. The highest BCUT2D eigenvalue weighted by Gasteiger charge is 2.19. The Morgan fingerprint density at radius 3 is 0.913 bits per heavy atom. The molecule has 0 rings (SSSR count). The van der Waals surface area contributed by atoms with Crippen molar-refractivity contribution in [2.24, 2.45) is 0 Å². The smallest absolute Gasteiger partial charge is 0.306 e. The van der Waals surface area contributed by atoms with Crippen molar-refractivity contribution in [2.45, 2.75) is 284 Å². The Kier molecular flexibility index (Phi) is 54.3. The molecule has 1 unspecified atom stereocenters. The van der Waals surface area contributed by atoms with Gasteiger partial charge in [0.2, 0.25) is 0 Å². The zero-order valence-corrected chi connectivity index (χ0v) is 45.3. The summed E-state index contributed by atoms with van der Waals surface area (Å²) in [6.07, 6.45) is 74.4. The van der Waals surface area contributed by atoms with Gasteiger partial charge in [0.15, 0.2) is 6.10 Å². The fourth-order valence-corrected chi connectivity index (χ4v) is 8.03. The van der Waals surface area contributed by atoms with Gasteiger partial charge in [-0.1, -0.05) is 247 Å². The van der Waals surface area contributed by atoms with E-state index < -0.39 is 6.10 Å². The average molecular weight is 962 g/mol. The van der Waals surface area contributed by atoms with E-state index in [1.807, 2.05) is 0 Å². The van der Waals surface area contributed by atoms with Crippen LogP contribution in [-0.4, -0.2) is 37.2 Å². The van der Waals surface area contributed by atoms with Gasteiger partial charge in [0.25, 0.3) is 0 Å². The summed E-state index contributed by atoms with van der Waals surface area (Å²) in [5.41, 5.74) is 0. The maximum absolute atomic E-state index is 12.8. The molecular formula is C63H108O6. The first kappa shape index (κ1) is 65.6. The van der Waals surface area contributed by atoms with Crippen LogP contribution >= 0.6 is 0 Å². The van der Waals surface area contributed by atoms with Crippen LogP contribution in [0.1, 0.15) is 278 Å². The minimum Gasteiger partial charge on any atom is -0.462 e. The molecule has 0 aromatic rings. The maximum atomic E-state index is 12.8. The molecule has 0 aliphatic heterocycles. The molecule has 6 nitrogen and oxygen atoms in total. The molecule has 0 spiro atoms. The van der Waals surface area contributed by atoms with E-state index in [1.165, 1.54) is 128 Å². The molecule has 0 bridgehead atoms. The summed E-state index contributed by atoms with van der Waals surface area (Å²) in [7, 11) is 0. The predicted molar refractivity (Wildman–Crippen MR) is 297 cm³/mol. The van der Waals surface area contributed by atoms with Crippen LogP contribution < -0.4 is 0 Å². The third-order valence-electron chi connectivity index (χ3n) is 12.4. The highest BCUT2D eigenvalue weighted by molar-refractivity contribution is 5.71. The lowest BCUT2D eigenvalue weighted by Gasteiger charge is -2.18. The van der Waals surface area contributed by atoms with E-state index in [2.05, 4.69) is 106 Å². The number of allylic oxidation sites excluding steroid dienone is 14. The molecule has 396 valence electrons. The number of hydrogen-bond donors (Lipinski definition) is 0. The van der Waals surface area contributed by atoms with Crippen LogP contribution in [0.15, 0.2) is 85.1 Å². The number of ether oxygens (including phenoxy) is 3. The zero-order valence-electron chi connectivity index (χ0n) is 45.3. The van der Waals surface area contributed by atoms with Gasteiger partial charge in [-0.15, -0.1) is 0 Å². The number of carbonyl (C=O) groups excluding carboxylic acids is 3. The van der Waals surface area contributed by atoms with E-state index in [0.717, 1.165) is 109 Å². The second kappa shape index (κ2) is 57.2. The first-order valence-electron chi connectivity index (χ1n) is 29.1. The SMILES string of the molecule is CC/C=C\C/C=C\C/C=C\C/C=C\C/C=C\CCCCCCCCCCCC(=O)OCC(COC(=O)CCCCCCCCCCC)OC(=O)CCCCCCCCC/C=C\C/C=C\CCCCC. The first-order chi connectivity index (χ1) is 34.0. The van der Waals surface area contributed by atoms with E-state index in [0.29, 0.717) is 19.3 Å². The Bertz CT molecular complexity index is 1330. The van der Waals surface area contributed by atoms with E-state index in [4.69, 9.17) is 14.2 Å². The Balaban J connectivity index is 4.26. The maximum Gasteiger partial charge on any atom is 0.306 e. The molecule has 0 aromatic carbocycles. The van der Waals surface area contributed by atoms with Crippen LogP contribution in [0.2, 0.25) is 0 Å². The molecule has 69 heavy (non-hydrogen) atoms. The van der Waals surface area contributed by atoms with Crippen molar-refractivity contribution in [3.8, 4) is 0 Å². The van der Waals surface area contributed by atoms with Crippen molar-refractivity contribution >= 4 is 17.9 Å². The second-order valence-corrected chi connectivity index (χ2v) is 19.2. The van der Waals surface area contributed by atoms with Crippen LogP contribution in [-0.2, 0) is 28.6 Å². The van der Waals surface area contributed by atoms with Crippen molar-refractivity contribution in [1.82, 2.24) is 0 Å². The van der Waals surface area contributed by atoms with Crippen LogP contribution in [0.5, 0.6) is 0 Å². The number of carbonyl (C=O) groups is 3. The highest BCUT2D eigenvalue weighted by atomic mass is 16.6. The molecule has 0 saturated carbocycles. The molecule has 0 aliphatic rings. The van der Waals surface area contributed by atoms with Gasteiger partial charge in [-0.05, 0) is 96.3 Å². The molecule has 0 N–H and O–H groups in total. The standard InChI is InChI=1S/C63H108O6/c1-4-7-10-13-16-19-21-23-25-27-28-29-30-31-32-33-34-36-37-39-41-44-47-50-53-56-62(65)68-59-60(58-67-61(64)55-52-49-46-43-18-15-12-9-6-3)69-63(66)57-54-51-48-45-42-40-38-35-26-24-22-20-17-14-11-8-5-2/h7,10,16-17,19-20,23-26,28-29,31-32,60H,4-6,8-9,11-15,18,21-22,27,30,33-59H2,1-3H3/b10-7-,19-16-,20-17-,25-23-,26-24-,29-28-,32-31-. The molecule has 0 saturated heterocycles. The molecule has 0 heterocycles. The number of esters is 3. The molecule has 1 atom stereocenters. The lowest BCUT2D eigenvalue weighted by Crippen LogP contribution is -2.30. The van der Waals surface area contributed by atoms with Gasteiger partial charge in [0, 0.05) is 19.3 Å². The Hall–Kier alpha value is -3.41. The fourth-order valence-electron chi connectivity index (χ4n) is 8.03. The van der Waals surface area contributed by atoms with Crippen LogP contribution in [0, 0.1) is 0 Å². The third kappa shape index (κ3) is 55.4. The lowest BCUT2D eigenvalue weighted by molar-refractivity contribution is -0.167. The van der Waals surface area contributed by atoms with Crippen LogP contribution in [0.4, 0.5) is 0 Å². The van der Waals surface area contributed by atoms with E-state index in [-0.39, 0.29) is 31.1 Å². The summed E-state index contributed by atoms with van der Waals surface area (Å²) in [6.45, 7) is 6.48. The van der Waals surface area contributed by atoms with Crippen molar-refractivity contribution in [1.29, 1.82) is 0 Å². The Morgan fingerprint density at radius 2 is 0.565 bits per heavy atom. The molecule has 0 fully saturated rings. The van der Waals surface area contributed by atoms with Gasteiger partial charge >= 0.3 is 17.9 Å². The van der Waals surface area contributed by atoms with Gasteiger partial charge in [-0.25, -0.2) is 0 Å². The molecular weight excluding hydrogens is 853 g/mol. The number of unbranched alkanes of at least 4 members (excludes halogenated alkanes) is 27. The van der Waals surface area contributed by atoms with E-state index in [9.17, 15) is 14.4 Å². The molecule has 0 aliphatic carbocycles. The topological polar surface area (TPSA) is 78.9 Å². The number of hydrogen-bond acceptors (Lipinski definition) is 6. The Morgan fingerprint density at radius 1 is 0.304 bits per heavy atom. The molecule has 6 heteroatoms. The fraction of sp³-hybridized carbons (Fsp3) is 0.730. The number of rotatable bonds is 52. The van der Waals surface area contributed by atoms with E-state index >= 15 is 0 Å². The first-order valence-corrected chi connectivity index (χ1v) is 29.1. The highest BCUT2D eigenvalue weighted by Crippen LogP contribution is 2.15. The van der Waals surface area contributed by atoms with Crippen LogP contribution in [0.25, 0.3) is 0 Å². The monoisotopic (exact) mass is 961 g/mol. The summed E-state index contributed by atoms with van der Waals surface area (Å²) >= 11 is 0. The largest absolute Gasteiger partial charge is 0.462 e. The lowest BCUT2D eigenvalue weighted by atomic mass is 10.1. The summed E-state index contributed by atoms with van der Waals surface area (Å²) < 4.78 is 16.8. The van der Waals surface area contributed by atoms with Crippen molar-refractivity contribution in [3.05, 3.63) is 85.1 Å². The predicted octanol–water partition coefficient (Wildman–Crippen LogP) is 19.5.